The van der Waals surface area contributed by atoms with Gasteiger partial charge in [-0.05, 0) is 42.4 Å². The Balaban J connectivity index is 1.50. The molecule has 6 nitrogen and oxygen atoms in total. The van der Waals surface area contributed by atoms with E-state index < -0.39 is 24.1 Å². The molecular formula is C25H22N2O4S. The Bertz CT molecular complexity index is 1130. The van der Waals surface area contributed by atoms with Crippen LogP contribution >= 0.6 is 11.3 Å². The molecule has 0 atom stereocenters. The summed E-state index contributed by atoms with van der Waals surface area (Å²) in [5.41, 5.74) is 0.138. The monoisotopic (exact) mass is 446 g/mol. The highest BCUT2D eigenvalue weighted by atomic mass is 32.1. The van der Waals surface area contributed by atoms with Crippen LogP contribution in [-0.4, -0.2) is 23.6 Å². The molecule has 1 aromatic heterocycles. The van der Waals surface area contributed by atoms with Gasteiger partial charge < -0.3 is 15.2 Å². The highest BCUT2D eigenvalue weighted by Crippen LogP contribution is 2.37. The molecule has 0 radical (unpaired) electrons. The maximum atomic E-state index is 13.0. The SMILES string of the molecule is N#Cc1c(NC(=O)COC(=O)C(O)(c2ccccc2)c2ccccc2)sc2c1CCCC2. The summed E-state index contributed by atoms with van der Waals surface area (Å²) in [6.45, 7) is -0.575. The molecule has 0 spiro atoms. The standard InChI is InChI=1S/C25H22N2O4S/c26-15-20-19-13-7-8-14-21(19)32-23(20)27-22(28)16-31-24(29)25(30,17-9-3-1-4-10-17)18-11-5-2-6-12-18/h1-6,9-12,30H,7-8,13-14,16H2,(H,27,28). The minimum absolute atomic E-state index is 0.342. The van der Waals surface area contributed by atoms with Gasteiger partial charge in [0.1, 0.15) is 11.1 Å². The minimum atomic E-state index is -2.05. The van der Waals surface area contributed by atoms with Crippen molar-refractivity contribution in [2.24, 2.45) is 0 Å². The molecule has 0 saturated heterocycles. The van der Waals surface area contributed by atoms with E-state index in [9.17, 15) is 20.0 Å². The normalized spacial score (nSPS) is 13.0. The summed E-state index contributed by atoms with van der Waals surface area (Å²) < 4.78 is 5.25. The Morgan fingerprint density at radius 3 is 2.22 bits per heavy atom. The third-order valence-corrected chi connectivity index (χ3v) is 6.76. The van der Waals surface area contributed by atoms with E-state index >= 15 is 0 Å². The zero-order valence-electron chi connectivity index (χ0n) is 17.3. The van der Waals surface area contributed by atoms with Gasteiger partial charge in [0.15, 0.2) is 6.61 Å². The van der Waals surface area contributed by atoms with Crippen molar-refractivity contribution >= 4 is 28.2 Å². The van der Waals surface area contributed by atoms with Gasteiger partial charge in [0.05, 0.1) is 5.56 Å². The lowest BCUT2D eigenvalue weighted by Gasteiger charge is -2.26. The number of thiophene rings is 1. The average molecular weight is 447 g/mol. The third-order valence-electron chi connectivity index (χ3n) is 5.55. The van der Waals surface area contributed by atoms with Crippen LogP contribution in [0.3, 0.4) is 0 Å². The molecule has 162 valence electrons. The van der Waals surface area contributed by atoms with Crippen LogP contribution < -0.4 is 5.32 Å². The highest BCUT2D eigenvalue weighted by molar-refractivity contribution is 7.16. The van der Waals surface area contributed by atoms with Gasteiger partial charge in [-0.1, -0.05) is 60.7 Å². The fourth-order valence-corrected chi connectivity index (χ4v) is 5.19. The van der Waals surface area contributed by atoms with Crippen molar-refractivity contribution in [1.82, 2.24) is 0 Å². The minimum Gasteiger partial charge on any atom is -0.453 e. The number of rotatable bonds is 6. The topological polar surface area (TPSA) is 99.4 Å². The Kier molecular flexibility index (Phi) is 6.35. The lowest BCUT2D eigenvalue weighted by Crippen LogP contribution is -2.39. The van der Waals surface area contributed by atoms with Crippen molar-refractivity contribution in [3.8, 4) is 6.07 Å². The summed E-state index contributed by atoms with van der Waals surface area (Å²) >= 11 is 1.40. The van der Waals surface area contributed by atoms with Gasteiger partial charge in [-0.2, -0.15) is 5.26 Å². The van der Waals surface area contributed by atoms with E-state index in [2.05, 4.69) is 11.4 Å². The first-order chi connectivity index (χ1) is 15.5. The fraction of sp³-hybridized carbons (Fsp3) is 0.240. The number of nitrogens with one attached hydrogen (secondary N) is 1. The second-order valence-electron chi connectivity index (χ2n) is 7.59. The summed E-state index contributed by atoms with van der Waals surface area (Å²) in [4.78, 5) is 26.7. The zero-order valence-corrected chi connectivity index (χ0v) is 18.2. The number of anilines is 1. The molecule has 4 rings (SSSR count). The molecule has 1 amide bonds. The molecule has 0 bridgehead atoms. The number of aryl methyl sites for hydroxylation is 1. The number of amides is 1. The molecule has 2 aromatic carbocycles. The molecule has 0 saturated carbocycles. The Hall–Kier alpha value is -3.47. The molecule has 1 aliphatic rings. The number of ether oxygens (including phenoxy) is 1. The number of hydrogen-bond donors (Lipinski definition) is 2. The number of carbonyl (C=O) groups excluding carboxylic acids is 2. The lowest BCUT2D eigenvalue weighted by atomic mass is 9.86. The maximum absolute atomic E-state index is 13.0. The van der Waals surface area contributed by atoms with Gasteiger partial charge >= 0.3 is 5.97 Å². The van der Waals surface area contributed by atoms with Gasteiger partial charge in [-0.15, -0.1) is 11.3 Å². The van der Waals surface area contributed by atoms with Crippen molar-refractivity contribution in [2.45, 2.75) is 31.3 Å². The Labute approximate surface area is 190 Å². The van der Waals surface area contributed by atoms with E-state index in [0.29, 0.717) is 21.7 Å². The van der Waals surface area contributed by atoms with Gasteiger partial charge in [0, 0.05) is 4.88 Å². The molecule has 0 unspecified atom stereocenters. The summed E-state index contributed by atoms with van der Waals surface area (Å²) in [6.07, 6.45) is 3.84. The van der Waals surface area contributed by atoms with Crippen LogP contribution in [0.25, 0.3) is 0 Å². The zero-order chi connectivity index (χ0) is 22.6. The van der Waals surface area contributed by atoms with Crippen molar-refractivity contribution < 1.29 is 19.4 Å². The molecule has 2 N–H and O–H groups in total. The molecule has 7 heteroatoms. The average Bonchev–Trinajstić information content (AvgIpc) is 3.19. The highest BCUT2D eigenvalue weighted by Gasteiger charge is 2.41. The Morgan fingerprint density at radius 2 is 1.62 bits per heavy atom. The molecular weight excluding hydrogens is 424 g/mol. The van der Waals surface area contributed by atoms with E-state index in [1.165, 1.54) is 11.3 Å². The first kappa shape index (κ1) is 21.8. The van der Waals surface area contributed by atoms with Crippen molar-refractivity contribution in [3.63, 3.8) is 0 Å². The van der Waals surface area contributed by atoms with Crippen molar-refractivity contribution in [1.29, 1.82) is 5.26 Å². The van der Waals surface area contributed by atoms with Crippen molar-refractivity contribution in [2.75, 3.05) is 11.9 Å². The smallest absolute Gasteiger partial charge is 0.348 e. The second kappa shape index (κ2) is 9.35. The number of nitriles is 1. The molecule has 3 aromatic rings. The van der Waals surface area contributed by atoms with Gasteiger partial charge in [-0.3, -0.25) is 4.79 Å². The largest absolute Gasteiger partial charge is 0.453 e. The summed E-state index contributed by atoms with van der Waals surface area (Å²) in [6, 6.07) is 19.1. The molecule has 0 fully saturated rings. The summed E-state index contributed by atoms with van der Waals surface area (Å²) in [5.74, 6) is -1.51. The van der Waals surface area contributed by atoms with Crippen LogP contribution in [0, 0.1) is 11.3 Å². The van der Waals surface area contributed by atoms with Gasteiger partial charge in [0.25, 0.3) is 5.91 Å². The van der Waals surface area contributed by atoms with Crippen LogP contribution in [0.2, 0.25) is 0 Å². The number of benzene rings is 2. The van der Waals surface area contributed by atoms with Crippen LogP contribution in [0.15, 0.2) is 60.7 Å². The van der Waals surface area contributed by atoms with Crippen LogP contribution in [0.5, 0.6) is 0 Å². The van der Waals surface area contributed by atoms with E-state index in [4.69, 9.17) is 4.74 Å². The third kappa shape index (κ3) is 4.15. The van der Waals surface area contributed by atoms with E-state index in [-0.39, 0.29) is 0 Å². The van der Waals surface area contributed by atoms with Crippen molar-refractivity contribution in [3.05, 3.63) is 87.8 Å². The number of carbonyl (C=O) groups is 2. The van der Waals surface area contributed by atoms with Gasteiger partial charge in [-0.25, -0.2) is 4.79 Å². The molecule has 1 heterocycles. The molecule has 0 aliphatic heterocycles. The first-order valence-corrected chi connectivity index (χ1v) is 11.2. The van der Waals surface area contributed by atoms with E-state index in [1.807, 2.05) is 0 Å². The second-order valence-corrected chi connectivity index (χ2v) is 8.70. The Morgan fingerprint density at radius 1 is 1.03 bits per heavy atom. The lowest BCUT2D eigenvalue weighted by molar-refractivity contribution is -0.163. The number of nitrogens with zero attached hydrogens (tertiary/aromatic N) is 1. The number of esters is 1. The molecule has 32 heavy (non-hydrogen) atoms. The van der Waals surface area contributed by atoms with E-state index in [0.717, 1.165) is 36.1 Å². The number of hydrogen-bond acceptors (Lipinski definition) is 6. The van der Waals surface area contributed by atoms with Crippen LogP contribution in [-0.2, 0) is 32.8 Å². The number of aliphatic hydroxyl groups is 1. The van der Waals surface area contributed by atoms with Crippen LogP contribution in [0.1, 0.15) is 40.0 Å². The molecule has 1 aliphatic carbocycles. The summed E-state index contributed by atoms with van der Waals surface area (Å²) in [7, 11) is 0. The van der Waals surface area contributed by atoms with Crippen LogP contribution in [0.4, 0.5) is 5.00 Å². The quantitative estimate of drug-likeness (QED) is 0.559. The first-order valence-electron chi connectivity index (χ1n) is 10.4. The number of fused-ring (bicyclic) bond motifs is 1. The predicted octanol–water partition coefficient (Wildman–Crippen LogP) is 3.92. The van der Waals surface area contributed by atoms with Gasteiger partial charge in [0.2, 0.25) is 5.60 Å². The predicted molar refractivity (Wildman–Crippen MR) is 121 cm³/mol. The van der Waals surface area contributed by atoms with E-state index in [1.54, 1.807) is 60.7 Å². The summed E-state index contributed by atoms with van der Waals surface area (Å²) in [5, 5.41) is 24.1. The maximum Gasteiger partial charge on any atom is 0.348 e. The fourth-order valence-electron chi connectivity index (χ4n) is 3.93.